The smallest absolute Gasteiger partial charge is 0.144 e. The summed E-state index contributed by atoms with van der Waals surface area (Å²) in [6.07, 6.45) is 4.12. The second kappa shape index (κ2) is 5.96. The first-order valence-corrected chi connectivity index (χ1v) is 5.84. The van der Waals surface area contributed by atoms with Gasteiger partial charge in [0.05, 0.1) is 5.02 Å². The lowest BCUT2D eigenvalue weighted by Crippen LogP contribution is -2.16. The van der Waals surface area contributed by atoms with Crippen LogP contribution in [0.5, 0.6) is 0 Å². The highest BCUT2D eigenvalue weighted by Crippen LogP contribution is 2.19. The topological polar surface area (TPSA) is 24.9 Å². The maximum atomic E-state index is 6.01. The van der Waals surface area contributed by atoms with Crippen molar-refractivity contribution in [3.8, 4) is 0 Å². The number of hydrogen-bond donors (Lipinski definition) is 1. The van der Waals surface area contributed by atoms with Crippen molar-refractivity contribution in [2.75, 3.05) is 5.32 Å². The fourth-order valence-electron chi connectivity index (χ4n) is 1.38. The molecular weight excluding hydrogens is 208 g/mol. The van der Waals surface area contributed by atoms with Gasteiger partial charge < -0.3 is 5.32 Å². The molecule has 0 aliphatic heterocycles. The molecule has 1 N–H and O–H groups in total. The van der Waals surface area contributed by atoms with E-state index in [4.69, 9.17) is 11.6 Å². The highest BCUT2D eigenvalue weighted by molar-refractivity contribution is 6.32. The SMILES string of the molecule is CC(C)CCC(C)Nc1ncccc1Cl. The number of pyridine rings is 1. The van der Waals surface area contributed by atoms with Gasteiger partial charge >= 0.3 is 0 Å². The van der Waals surface area contributed by atoms with Crippen molar-refractivity contribution in [3.05, 3.63) is 23.4 Å². The van der Waals surface area contributed by atoms with Crippen LogP contribution in [0.2, 0.25) is 5.02 Å². The Morgan fingerprint density at radius 2 is 2.07 bits per heavy atom. The largest absolute Gasteiger partial charge is 0.366 e. The van der Waals surface area contributed by atoms with Gasteiger partial charge in [-0.05, 0) is 37.8 Å². The summed E-state index contributed by atoms with van der Waals surface area (Å²) < 4.78 is 0. The lowest BCUT2D eigenvalue weighted by atomic mass is 10.0. The number of hydrogen-bond acceptors (Lipinski definition) is 2. The first-order valence-electron chi connectivity index (χ1n) is 5.46. The molecule has 0 spiro atoms. The Kier molecular flexibility index (Phi) is 4.89. The number of aromatic nitrogens is 1. The van der Waals surface area contributed by atoms with Crippen LogP contribution < -0.4 is 5.32 Å². The summed E-state index contributed by atoms with van der Waals surface area (Å²) in [5, 5.41) is 4.01. The maximum absolute atomic E-state index is 6.01. The van der Waals surface area contributed by atoms with Gasteiger partial charge in [-0.15, -0.1) is 0 Å². The Morgan fingerprint density at radius 3 is 2.67 bits per heavy atom. The molecule has 1 heterocycles. The zero-order valence-corrected chi connectivity index (χ0v) is 10.4. The molecule has 1 aromatic heterocycles. The minimum atomic E-state index is 0.416. The van der Waals surface area contributed by atoms with E-state index in [1.165, 1.54) is 6.42 Å². The molecule has 3 heteroatoms. The number of nitrogens with one attached hydrogen (secondary N) is 1. The summed E-state index contributed by atoms with van der Waals surface area (Å²) in [5.41, 5.74) is 0. The third-order valence-electron chi connectivity index (χ3n) is 2.32. The molecular formula is C12H19ClN2. The molecule has 0 radical (unpaired) electrons. The van der Waals surface area contributed by atoms with Crippen LogP contribution in [0.1, 0.15) is 33.6 Å². The van der Waals surface area contributed by atoms with Gasteiger partial charge in [0.15, 0.2) is 0 Å². The summed E-state index contributed by atoms with van der Waals surface area (Å²) in [5.74, 6) is 1.53. The van der Waals surface area contributed by atoms with Crippen LogP contribution in [-0.2, 0) is 0 Å². The predicted octanol–water partition coefficient (Wildman–Crippen LogP) is 3.97. The number of halogens is 1. The first-order chi connectivity index (χ1) is 7.09. The zero-order chi connectivity index (χ0) is 11.3. The molecule has 0 bridgehead atoms. The molecule has 15 heavy (non-hydrogen) atoms. The van der Waals surface area contributed by atoms with Crippen LogP contribution in [0.3, 0.4) is 0 Å². The molecule has 0 aliphatic carbocycles. The van der Waals surface area contributed by atoms with Gasteiger partial charge in [0.25, 0.3) is 0 Å². The second-order valence-corrected chi connectivity index (χ2v) is 4.76. The molecule has 0 saturated heterocycles. The van der Waals surface area contributed by atoms with Crippen LogP contribution >= 0.6 is 11.6 Å². The molecule has 2 nitrogen and oxygen atoms in total. The summed E-state index contributed by atoms with van der Waals surface area (Å²) in [6, 6.07) is 4.11. The lowest BCUT2D eigenvalue weighted by molar-refractivity contribution is 0.527. The summed E-state index contributed by atoms with van der Waals surface area (Å²) in [4.78, 5) is 4.20. The highest BCUT2D eigenvalue weighted by Gasteiger charge is 2.06. The maximum Gasteiger partial charge on any atom is 0.144 e. The minimum absolute atomic E-state index is 0.416. The molecule has 0 amide bonds. The van der Waals surface area contributed by atoms with Crippen LogP contribution in [0.25, 0.3) is 0 Å². The van der Waals surface area contributed by atoms with Crippen LogP contribution in [0, 0.1) is 5.92 Å². The number of nitrogens with zero attached hydrogens (tertiary/aromatic N) is 1. The van der Waals surface area contributed by atoms with Crippen molar-refractivity contribution in [1.29, 1.82) is 0 Å². The zero-order valence-electron chi connectivity index (χ0n) is 9.63. The average molecular weight is 227 g/mol. The van der Waals surface area contributed by atoms with Crippen molar-refractivity contribution in [2.45, 2.75) is 39.7 Å². The molecule has 0 saturated carbocycles. The molecule has 1 atom stereocenters. The predicted molar refractivity (Wildman–Crippen MR) is 66.4 cm³/mol. The van der Waals surface area contributed by atoms with Crippen molar-refractivity contribution < 1.29 is 0 Å². The molecule has 1 rings (SSSR count). The highest BCUT2D eigenvalue weighted by atomic mass is 35.5. The van der Waals surface area contributed by atoms with Gasteiger partial charge in [-0.25, -0.2) is 4.98 Å². The van der Waals surface area contributed by atoms with Crippen LogP contribution in [-0.4, -0.2) is 11.0 Å². The third-order valence-corrected chi connectivity index (χ3v) is 2.62. The fraction of sp³-hybridized carbons (Fsp3) is 0.583. The molecule has 1 aromatic rings. The van der Waals surface area contributed by atoms with E-state index in [0.29, 0.717) is 11.1 Å². The minimum Gasteiger partial charge on any atom is -0.366 e. The van der Waals surface area contributed by atoms with E-state index >= 15 is 0 Å². The molecule has 0 aromatic carbocycles. The Hall–Kier alpha value is -0.760. The van der Waals surface area contributed by atoms with E-state index in [-0.39, 0.29) is 0 Å². The van der Waals surface area contributed by atoms with Gasteiger partial charge in [0.2, 0.25) is 0 Å². The van der Waals surface area contributed by atoms with Gasteiger partial charge in [0, 0.05) is 12.2 Å². The molecule has 0 aliphatic rings. The van der Waals surface area contributed by atoms with E-state index in [1.54, 1.807) is 6.20 Å². The van der Waals surface area contributed by atoms with Gasteiger partial charge in [0.1, 0.15) is 5.82 Å². The first kappa shape index (κ1) is 12.3. The van der Waals surface area contributed by atoms with E-state index < -0.39 is 0 Å². The fourth-order valence-corrected chi connectivity index (χ4v) is 1.56. The van der Waals surface area contributed by atoms with Crippen molar-refractivity contribution >= 4 is 17.4 Å². The normalized spacial score (nSPS) is 12.9. The van der Waals surface area contributed by atoms with E-state index in [2.05, 4.69) is 31.1 Å². The Balaban J connectivity index is 2.44. The van der Waals surface area contributed by atoms with E-state index in [0.717, 1.165) is 18.2 Å². The average Bonchev–Trinajstić information content (AvgIpc) is 2.18. The Bertz CT molecular complexity index is 299. The Morgan fingerprint density at radius 1 is 1.33 bits per heavy atom. The standard InChI is InChI=1S/C12H19ClN2/c1-9(2)6-7-10(3)15-12-11(13)5-4-8-14-12/h4-5,8-10H,6-7H2,1-3H3,(H,14,15). The van der Waals surface area contributed by atoms with E-state index in [1.807, 2.05) is 12.1 Å². The van der Waals surface area contributed by atoms with Crippen molar-refractivity contribution in [1.82, 2.24) is 4.98 Å². The molecule has 1 unspecified atom stereocenters. The summed E-state index contributed by atoms with van der Waals surface area (Å²) in [7, 11) is 0. The summed E-state index contributed by atoms with van der Waals surface area (Å²) >= 11 is 6.01. The van der Waals surface area contributed by atoms with Gasteiger partial charge in [-0.3, -0.25) is 0 Å². The summed E-state index contributed by atoms with van der Waals surface area (Å²) in [6.45, 7) is 6.63. The third kappa shape index (κ3) is 4.52. The van der Waals surface area contributed by atoms with Crippen molar-refractivity contribution in [3.63, 3.8) is 0 Å². The second-order valence-electron chi connectivity index (χ2n) is 4.35. The molecule has 84 valence electrons. The number of rotatable bonds is 5. The van der Waals surface area contributed by atoms with Crippen LogP contribution in [0.4, 0.5) is 5.82 Å². The van der Waals surface area contributed by atoms with Crippen molar-refractivity contribution in [2.24, 2.45) is 5.92 Å². The van der Waals surface area contributed by atoms with Gasteiger partial charge in [-0.2, -0.15) is 0 Å². The van der Waals surface area contributed by atoms with E-state index in [9.17, 15) is 0 Å². The van der Waals surface area contributed by atoms with Gasteiger partial charge in [-0.1, -0.05) is 25.4 Å². The van der Waals surface area contributed by atoms with Crippen LogP contribution in [0.15, 0.2) is 18.3 Å². The quantitative estimate of drug-likeness (QED) is 0.822. The lowest BCUT2D eigenvalue weighted by Gasteiger charge is -2.16. The molecule has 0 fully saturated rings. The number of anilines is 1. The Labute approximate surface area is 97.1 Å². The monoisotopic (exact) mass is 226 g/mol.